The molecule has 1 aliphatic heterocycles. The van der Waals surface area contributed by atoms with Crippen molar-refractivity contribution in [2.45, 2.75) is 77.9 Å². The first-order valence-electron chi connectivity index (χ1n) is 7.25. The third kappa shape index (κ3) is 5.87. The Hall–Kier alpha value is -0.0800. The Morgan fingerprint density at radius 1 is 1.18 bits per heavy atom. The van der Waals surface area contributed by atoms with E-state index >= 15 is 0 Å². The molecule has 0 saturated carbocycles. The van der Waals surface area contributed by atoms with Crippen molar-refractivity contribution in [2.24, 2.45) is 11.8 Å². The van der Waals surface area contributed by atoms with Crippen molar-refractivity contribution in [3.05, 3.63) is 0 Å². The van der Waals surface area contributed by atoms with E-state index in [1.807, 2.05) is 0 Å². The fourth-order valence-corrected chi connectivity index (χ4v) is 3.11. The molecule has 1 fully saturated rings. The number of hydrogen-bond donors (Lipinski definition) is 1. The molecular formula is C15H30O2. The van der Waals surface area contributed by atoms with Crippen LogP contribution in [0.25, 0.3) is 0 Å². The largest absolute Gasteiger partial charge is 0.390 e. The Morgan fingerprint density at radius 2 is 1.76 bits per heavy atom. The lowest BCUT2D eigenvalue weighted by atomic mass is 9.81. The predicted molar refractivity (Wildman–Crippen MR) is 72.1 cm³/mol. The molecule has 1 atom stereocenters. The van der Waals surface area contributed by atoms with Crippen molar-refractivity contribution in [3.8, 4) is 0 Å². The minimum Gasteiger partial charge on any atom is -0.390 e. The number of hydrogen-bond acceptors (Lipinski definition) is 2. The maximum atomic E-state index is 10.8. The average molecular weight is 242 g/mol. The summed E-state index contributed by atoms with van der Waals surface area (Å²) >= 11 is 0. The molecule has 0 aliphatic carbocycles. The van der Waals surface area contributed by atoms with Crippen LogP contribution in [0.5, 0.6) is 0 Å². The summed E-state index contributed by atoms with van der Waals surface area (Å²) in [4.78, 5) is 0. The summed E-state index contributed by atoms with van der Waals surface area (Å²) < 4.78 is 5.65. The van der Waals surface area contributed by atoms with Gasteiger partial charge in [-0.3, -0.25) is 0 Å². The second-order valence-corrected chi connectivity index (χ2v) is 6.59. The molecule has 0 amide bonds. The highest BCUT2D eigenvalue weighted by Crippen LogP contribution is 2.31. The molecule has 1 aliphatic rings. The molecule has 1 heterocycles. The molecule has 0 aromatic rings. The molecule has 1 saturated heterocycles. The molecule has 0 aromatic carbocycles. The van der Waals surface area contributed by atoms with Crippen LogP contribution in [-0.2, 0) is 4.74 Å². The van der Waals surface area contributed by atoms with Crippen LogP contribution in [0, 0.1) is 11.8 Å². The standard InChI is InChI=1S/C15H30O2/c1-12(2)10-15(16,11-13(3)4)8-7-14-6-5-9-17-14/h12-14,16H,5-11H2,1-4H3. The van der Waals surface area contributed by atoms with Crippen LogP contribution in [0.15, 0.2) is 0 Å². The van der Waals surface area contributed by atoms with E-state index in [9.17, 15) is 5.11 Å². The highest BCUT2D eigenvalue weighted by molar-refractivity contribution is 4.83. The van der Waals surface area contributed by atoms with Gasteiger partial charge >= 0.3 is 0 Å². The molecule has 0 bridgehead atoms. The predicted octanol–water partition coefficient (Wildman–Crippen LogP) is 3.77. The highest BCUT2D eigenvalue weighted by Gasteiger charge is 2.30. The van der Waals surface area contributed by atoms with Gasteiger partial charge in [-0.25, -0.2) is 0 Å². The minimum absolute atomic E-state index is 0.404. The second-order valence-electron chi connectivity index (χ2n) is 6.59. The normalized spacial score (nSPS) is 21.7. The van der Waals surface area contributed by atoms with Gasteiger partial charge in [0.25, 0.3) is 0 Å². The topological polar surface area (TPSA) is 29.5 Å². The van der Waals surface area contributed by atoms with Crippen molar-refractivity contribution >= 4 is 0 Å². The van der Waals surface area contributed by atoms with Crippen LogP contribution >= 0.6 is 0 Å². The van der Waals surface area contributed by atoms with Crippen LogP contribution in [0.2, 0.25) is 0 Å². The maximum absolute atomic E-state index is 10.8. The quantitative estimate of drug-likeness (QED) is 0.736. The monoisotopic (exact) mass is 242 g/mol. The van der Waals surface area contributed by atoms with Crippen molar-refractivity contribution in [1.29, 1.82) is 0 Å². The zero-order valence-corrected chi connectivity index (χ0v) is 12.0. The summed E-state index contributed by atoms with van der Waals surface area (Å²) in [6, 6.07) is 0. The maximum Gasteiger partial charge on any atom is 0.0653 e. The van der Waals surface area contributed by atoms with E-state index in [2.05, 4.69) is 27.7 Å². The SMILES string of the molecule is CC(C)CC(O)(CCC1CCCO1)CC(C)C. The van der Waals surface area contributed by atoms with Crippen LogP contribution in [0.3, 0.4) is 0 Å². The number of aliphatic hydroxyl groups is 1. The van der Waals surface area contributed by atoms with E-state index in [1.165, 1.54) is 12.8 Å². The Kier molecular flexibility index (Phi) is 5.94. The zero-order chi connectivity index (χ0) is 12.9. The van der Waals surface area contributed by atoms with Crippen molar-refractivity contribution < 1.29 is 9.84 Å². The minimum atomic E-state index is -0.478. The Balaban J connectivity index is 2.43. The summed E-state index contributed by atoms with van der Waals surface area (Å²) in [5, 5.41) is 10.8. The highest BCUT2D eigenvalue weighted by atomic mass is 16.5. The average Bonchev–Trinajstić information content (AvgIpc) is 2.64. The Bertz CT molecular complexity index is 195. The van der Waals surface area contributed by atoms with E-state index in [4.69, 9.17) is 4.74 Å². The van der Waals surface area contributed by atoms with Gasteiger partial charge < -0.3 is 9.84 Å². The van der Waals surface area contributed by atoms with Gasteiger partial charge in [0, 0.05) is 6.61 Å². The molecule has 0 aromatic heterocycles. The fourth-order valence-electron chi connectivity index (χ4n) is 3.11. The smallest absolute Gasteiger partial charge is 0.0653 e. The van der Waals surface area contributed by atoms with E-state index in [-0.39, 0.29) is 0 Å². The Morgan fingerprint density at radius 3 is 2.18 bits per heavy atom. The summed E-state index contributed by atoms with van der Waals surface area (Å²) in [5.41, 5.74) is -0.478. The molecule has 102 valence electrons. The van der Waals surface area contributed by atoms with Gasteiger partial charge in [0.15, 0.2) is 0 Å². The van der Waals surface area contributed by atoms with E-state index in [0.717, 1.165) is 32.3 Å². The van der Waals surface area contributed by atoms with Gasteiger partial charge in [-0.05, 0) is 50.4 Å². The molecule has 0 spiro atoms. The molecular weight excluding hydrogens is 212 g/mol. The van der Waals surface area contributed by atoms with Crippen LogP contribution in [-0.4, -0.2) is 23.4 Å². The summed E-state index contributed by atoms with van der Waals surface area (Å²) in [5.74, 6) is 1.12. The third-order valence-corrected chi connectivity index (χ3v) is 3.53. The van der Waals surface area contributed by atoms with Gasteiger partial charge in [-0.2, -0.15) is 0 Å². The van der Waals surface area contributed by atoms with Crippen molar-refractivity contribution in [2.75, 3.05) is 6.61 Å². The molecule has 1 unspecified atom stereocenters. The van der Waals surface area contributed by atoms with Gasteiger partial charge in [-0.15, -0.1) is 0 Å². The summed E-state index contributed by atoms with van der Waals surface area (Å²) in [6.07, 6.45) is 6.53. The first-order chi connectivity index (χ1) is 7.91. The lowest BCUT2D eigenvalue weighted by Crippen LogP contribution is -2.33. The van der Waals surface area contributed by atoms with Crippen molar-refractivity contribution in [1.82, 2.24) is 0 Å². The van der Waals surface area contributed by atoms with Crippen molar-refractivity contribution in [3.63, 3.8) is 0 Å². The number of ether oxygens (including phenoxy) is 1. The summed E-state index contributed by atoms with van der Waals surface area (Å²) in [6.45, 7) is 9.68. The Labute approximate surface area is 107 Å². The molecule has 1 N–H and O–H groups in total. The fraction of sp³-hybridized carbons (Fsp3) is 1.00. The lowest BCUT2D eigenvalue weighted by molar-refractivity contribution is -0.0213. The first kappa shape index (κ1) is 15.0. The molecule has 0 radical (unpaired) electrons. The second kappa shape index (κ2) is 6.75. The molecule has 1 rings (SSSR count). The molecule has 2 heteroatoms. The van der Waals surface area contributed by atoms with Gasteiger partial charge in [0.05, 0.1) is 11.7 Å². The van der Waals surface area contributed by atoms with E-state index in [1.54, 1.807) is 0 Å². The zero-order valence-electron chi connectivity index (χ0n) is 12.0. The van der Waals surface area contributed by atoms with E-state index in [0.29, 0.717) is 17.9 Å². The van der Waals surface area contributed by atoms with E-state index < -0.39 is 5.60 Å². The van der Waals surface area contributed by atoms with Crippen LogP contribution in [0.1, 0.15) is 66.2 Å². The number of rotatable bonds is 7. The lowest BCUT2D eigenvalue weighted by Gasteiger charge is -2.32. The molecule has 17 heavy (non-hydrogen) atoms. The van der Waals surface area contributed by atoms with Gasteiger partial charge in [-0.1, -0.05) is 27.7 Å². The van der Waals surface area contributed by atoms with Crippen LogP contribution in [0.4, 0.5) is 0 Å². The van der Waals surface area contributed by atoms with Gasteiger partial charge in [0.1, 0.15) is 0 Å². The molecule has 2 nitrogen and oxygen atoms in total. The first-order valence-corrected chi connectivity index (χ1v) is 7.25. The summed E-state index contributed by atoms with van der Waals surface area (Å²) in [7, 11) is 0. The van der Waals surface area contributed by atoms with Gasteiger partial charge in [0.2, 0.25) is 0 Å². The third-order valence-electron chi connectivity index (χ3n) is 3.53. The van der Waals surface area contributed by atoms with Crippen LogP contribution < -0.4 is 0 Å².